The number of hydrogen-bond acceptors (Lipinski definition) is 8. The molecule has 0 spiro atoms. The van der Waals surface area contributed by atoms with Crippen molar-refractivity contribution < 1.29 is 17.9 Å². The highest BCUT2D eigenvalue weighted by molar-refractivity contribution is 7.89. The highest BCUT2D eigenvalue weighted by atomic mass is 32.2. The second-order valence-corrected chi connectivity index (χ2v) is 5.84. The average Bonchev–Trinajstić information content (AvgIpc) is 2.88. The third-order valence-corrected chi connectivity index (χ3v) is 4.18. The van der Waals surface area contributed by atoms with Gasteiger partial charge in [0.15, 0.2) is 5.82 Å². The molecule has 0 fully saturated rings. The van der Waals surface area contributed by atoms with Gasteiger partial charge in [0.05, 0.1) is 16.4 Å². The van der Waals surface area contributed by atoms with Crippen LogP contribution in [-0.4, -0.2) is 23.5 Å². The fraction of sp³-hybridized carbons (Fsp3) is 0.200. The first kappa shape index (κ1) is 14.9. The largest absolute Gasteiger partial charge is 0.393 e. The molecule has 0 bridgehead atoms. The molecular formula is C10H11N5O5S. The van der Waals surface area contributed by atoms with Crippen LogP contribution < -0.4 is 10.5 Å². The van der Waals surface area contributed by atoms with Gasteiger partial charge in [-0.1, -0.05) is 5.16 Å². The van der Waals surface area contributed by atoms with E-state index in [0.717, 1.165) is 12.5 Å². The van der Waals surface area contributed by atoms with Crippen molar-refractivity contribution in [3.05, 3.63) is 40.0 Å². The van der Waals surface area contributed by atoms with Gasteiger partial charge in [-0.15, -0.1) is 0 Å². The van der Waals surface area contributed by atoms with Crippen molar-refractivity contribution in [1.82, 2.24) is 14.9 Å². The molecule has 0 aliphatic heterocycles. The van der Waals surface area contributed by atoms with Crippen LogP contribution in [0.15, 0.2) is 27.9 Å². The molecule has 0 atom stereocenters. The molecule has 1 aromatic heterocycles. The molecule has 10 nitrogen and oxygen atoms in total. The third-order valence-electron chi connectivity index (χ3n) is 2.64. The van der Waals surface area contributed by atoms with Gasteiger partial charge in [-0.2, -0.15) is 4.98 Å². The van der Waals surface area contributed by atoms with Crippen molar-refractivity contribution in [2.24, 2.45) is 0 Å². The number of nitrogen functional groups attached to an aromatic ring is 1. The second-order valence-electron chi connectivity index (χ2n) is 4.11. The van der Waals surface area contributed by atoms with Crippen LogP contribution in [0.25, 0.3) is 0 Å². The van der Waals surface area contributed by atoms with Crippen LogP contribution >= 0.6 is 0 Å². The number of sulfonamides is 1. The zero-order valence-corrected chi connectivity index (χ0v) is 11.6. The summed E-state index contributed by atoms with van der Waals surface area (Å²) in [7, 11) is -3.97. The summed E-state index contributed by atoms with van der Waals surface area (Å²) in [4.78, 5) is 13.5. The van der Waals surface area contributed by atoms with Gasteiger partial charge >= 0.3 is 0 Å². The van der Waals surface area contributed by atoms with Crippen LogP contribution in [-0.2, 0) is 16.6 Å². The quantitative estimate of drug-likeness (QED) is 0.455. The number of aromatic nitrogens is 2. The van der Waals surface area contributed by atoms with Gasteiger partial charge in [-0.05, 0) is 18.6 Å². The molecule has 112 valence electrons. The van der Waals surface area contributed by atoms with Crippen molar-refractivity contribution >= 4 is 21.4 Å². The van der Waals surface area contributed by atoms with Crippen LogP contribution in [0.4, 0.5) is 11.4 Å². The SMILES string of the molecule is Cc1cc(N)c([N+](=O)[O-])cc1S(=O)(=O)NCc1ncon1. The van der Waals surface area contributed by atoms with Crippen molar-refractivity contribution in [3.8, 4) is 0 Å². The lowest BCUT2D eigenvalue weighted by atomic mass is 10.2. The minimum absolute atomic E-state index is 0.102. The number of nitrogens with one attached hydrogen (secondary N) is 1. The predicted molar refractivity (Wildman–Crippen MR) is 70.6 cm³/mol. The Morgan fingerprint density at radius 3 is 2.76 bits per heavy atom. The van der Waals surface area contributed by atoms with E-state index in [1.165, 1.54) is 13.0 Å². The second kappa shape index (κ2) is 5.46. The summed E-state index contributed by atoms with van der Waals surface area (Å²) >= 11 is 0. The maximum atomic E-state index is 12.2. The molecule has 0 amide bonds. The summed E-state index contributed by atoms with van der Waals surface area (Å²) < 4.78 is 31.0. The van der Waals surface area contributed by atoms with E-state index in [0.29, 0.717) is 5.56 Å². The Hall–Kier alpha value is -2.53. The summed E-state index contributed by atoms with van der Waals surface area (Å²) in [6, 6.07) is 2.16. The molecule has 2 aromatic rings. The lowest BCUT2D eigenvalue weighted by Crippen LogP contribution is -2.24. The standard InChI is InChI=1S/C10H11N5O5S/c1-6-2-7(11)8(15(16)17)3-9(6)21(18,19)13-4-10-12-5-20-14-10/h2-3,5,13H,4,11H2,1H3. The normalized spacial score (nSPS) is 11.5. The van der Waals surface area contributed by atoms with E-state index < -0.39 is 20.6 Å². The Kier molecular flexibility index (Phi) is 3.86. The van der Waals surface area contributed by atoms with E-state index >= 15 is 0 Å². The minimum Gasteiger partial charge on any atom is -0.393 e. The van der Waals surface area contributed by atoms with Crippen molar-refractivity contribution in [2.75, 3.05) is 5.73 Å². The highest BCUT2D eigenvalue weighted by Gasteiger charge is 2.23. The lowest BCUT2D eigenvalue weighted by Gasteiger charge is -2.09. The smallest absolute Gasteiger partial charge is 0.293 e. The first-order chi connectivity index (χ1) is 9.81. The monoisotopic (exact) mass is 313 g/mol. The molecule has 0 aliphatic rings. The Balaban J connectivity index is 2.35. The molecule has 1 heterocycles. The molecule has 0 saturated carbocycles. The summed E-state index contributed by atoms with van der Waals surface area (Å²) in [6.45, 7) is 1.29. The lowest BCUT2D eigenvalue weighted by molar-refractivity contribution is -0.384. The van der Waals surface area contributed by atoms with Crippen LogP contribution in [0, 0.1) is 17.0 Å². The number of hydrogen-bond donors (Lipinski definition) is 2. The number of nitrogens with zero attached hydrogens (tertiary/aromatic N) is 3. The number of aryl methyl sites for hydroxylation is 1. The Morgan fingerprint density at radius 2 is 2.19 bits per heavy atom. The first-order valence-electron chi connectivity index (χ1n) is 5.60. The van der Waals surface area contributed by atoms with E-state index in [1.807, 2.05) is 0 Å². The molecule has 0 aliphatic carbocycles. The Morgan fingerprint density at radius 1 is 1.48 bits per heavy atom. The number of anilines is 1. The Bertz CT molecular complexity index is 771. The molecule has 2 rings (SSSR count). The fourth-order valence-corrected chi connectivity index (χ4v) is 2.88. The molecule has 1 aromatic carbocycles. The van der Waals surface area contributed by atoms with Crippen molar-refractivity contribution in [3.63, 3.8) is 0 Å². The van der Waals surface area contributed by atoms with E-state index in [2.05, 4.69) is 19.4 Å². The van der Waals surface area contributed by atoms with Gasteiger partial charge in [-0.25, -0.2) is 13.1 Å². The van der Waals surface area contributed by atoms with Crippen molar-refractivity contribution in [1.29, 1.82) is 0 Å². The van der Waals surface area contributed by atoms with Gasteiger partial charge in [0.2, 0.25) is 16.4 Å². The van der Waals surface area contributed by atoms with Gasteiger partial charge in [0.1, 0.15) is 5.69 Å². The summed E-state index contributed by atoms with van der Waals surface area (Å²) in [5, 5.41) is 14.3. The number of benzene rings is 1. The van der Waals surface area contributed by atoms with Crippen molar-refractivity contribution in [2.45, 2.75) is 18.4 Å². The zero-order valence-electron chi connectivity index (χ0n) is 10.8. The van der Waals surface area contributed by atoms with Crippen LogP contribution in [0.3, 0.4) is 0 Å². The van der Waals surface area contributed by atoms with E-state index in [4.69, 9.17) is 5.73 Å². The fourth-order valence-electron chi connectivity index (χ4n) is 1.65. The number of nitro groups is 1. The highest BCUT2D eigenvalue weighted by Crippen LogP contribution is 2.28. The Labute approximate surface area is 119 Å². The van der Waals surface area contributed by atoms with Crippen LogP contribution in [0.5, 0.6) is 0 Å². The van der Waals surface area contributed by atoms with Gasteiger partial charge in [0.25, 0.3) is 5.69 Å². The molecule has 21 heavy (non-hydrogen) atoms. The van der Waals surface area contributed by atoms with E-state index in [-0.39, 0.29) is 23.0 Å². The third kappa shape index (κ3) is 3.14. The summed E-state index contributed by atoms with van der Waals surface area (Å²) in [6.07, 6.45) is 1.06. The van der Waals surface area contributed by atoms with Crippen LogP contribution in [0.2, 0.25) is 0 Å². The van der Waals surface area contributed by atoms with Gasteiger partial charge in [-0.3, -0.25) is 10.1 Å². The molecule has 0 saturated heterocycles. The maximum Gasteiger partial charge on any atom is 0.293 e. The summed E-state index contributed by atoms with van der Waals surface area (Å²) in [5.41, 5.74) is 5.21. The maximum absolute atomic E-state index is 12.2. The number of rotatable bonds is 5. The summed E-state index contributed by atoms with van der Waals surface area (Å²) in [5.74, 6) is 0.140. The first-order valence-corrected chi connectivity index (χ1v) is 7.09. The van der Waals surface area contributed by atoms with Gasteiger partial charge in [0, 0.05) is 6.07 Å². The van der Waals surface area contributed by atoms with E-state index in [9.17, 15) is 18.5 Å². The minimum atomic E-state index is -3.97. The molecule has 0 unspecified atom stereocenters. The molecule has 11 heteroatoms. The van der Waals surface area contributed by atoms with Crippen LogP contribution in [0.1, 0.15) is 11.4 Å². The molecule has 3 N–H and O–H groups in total. The number of nitro benzene ring substituents is 1. The zero-order chi connectivity index (χ0) is 15.6. The van der Waals surface area contributed by atoms with Gasteiger partial charge < -0.3 is 10.3 Å². The molecular weight excluding hydrogens is 302 g/mol. The van der Waals surface area contributed by atoms with E-state index in [1.54, 1.807) is 0 Å². The predicted octanol–water partition coefficient (Wildman–Crippen LogP) is 0.347. The molecule has 0 radical (unpaired) electrons. The topological polar surface area (TPSA) is 154 Å². The number of nitrogens with two attached hydrogens (primary N) is 1. The average molecular weight is 313 g/mol.